The molecule has 1 saturated carbocycles. The number of rotatable bonds is 8. The molecule has 1 N–H and O–H groups in total. The fourth-order valence-corrected chi connectivity index (χ4v) is 5.99. The first-order valence-corrected chi connectivity index (χ1v) is 13.8. The van der Waals surface area contributed by atoms with Crippen molar-refractivity contribution >= 4 is 11.9 Å². The van der Waals surface area contributed by atoms with E-state index in [9.17, 15) is 9.59 Å². The number of carbonyl (C=O) groups is 2. The van der Waals surface area contributed by atoms with Crippen molar-refractivity contribution < 1.29 is 23.8 Å². The van der Waals surface area contributed by atoms with Crippen LogP contribution < -0.4 is 5.32 Å². The molecule has 1 spiro atoms. The van der Waals surface area contributed by atoms with E-state index in [0.29, 0.717) is 11.5 Å². The van der Waals surface area contributed by atoms with Crippen molar-refractivity contribution in [2.45, 2.75) is 109 Å². The Balaban J connectivity index is 1.23. The molecule has 1 amide bonds. The number of esters is 1. The summed E-state index contributed by atoms with van der Waals surface area (Å²) in [6.07, 6.45) is 13.5. The largest absolute Gasteiger partial charge is 0.458 e. The quantitative estimate of drug-likeness (QED) is 0.256. The van der Waals surface area contributed by atoms with Gasteiger partial charge < -0.3 is 19.5 Å². The molecular weight excluding hydrogens is 466 g/mol. The van der Waals surface area contributed by atoms with Crippen molar-refractivity contribution in [1.82, 2.24) is 5.32 Å². The molecule has 202 valence electrons. The maximum absolute atomic E-state index is 13.0. The van der Waals surface area contributed by atoms with Crippen LogP contribution in [-0.4, -0.2) is 41.8 Å². The Bertz CT molecular complexity index is 1020. The third-order valence-electron chi connectivity index (χ3n) is 7.86. The topological polar surface area (TPSA) is 77.2 Å². The van der Waals surface area contributed by atoms with Gasteiger partial charge in [-0.15, -0.1) is 0 Å². The van der Waals surface area contributed by atoms with Gasteiger partial charge in [0.1, 0.15) is 6.10 Å². The van der Waals surface area contributed by atoms with Gasteiger partial charge in [-0.05, 0) is 71.8 Å². The molecule has 1 aliphatic carbocycles. The highest BCUT2D eigenvalue weighted by Crippen LogP contribution is 2.46. The summed E-state index contributed by atoms with van der Waals surface area (Å²) in [6.45, 7) is 10.5. The van der Waals surface area contributed by atoms with Crippen LogP contribution in [-0.2, 0) is 19.0 Å². The molecule has 6 heteroatoms. The minimum Gasteiger partial charge on any atom is -0.458 e. The second-order valence-electron chi connectivity index (χ2n) is 11.8. The van der Waals surface area contributed by atoms with E-state index < -0.39 is 6.10 Å². The summed E-state index contributed by atoms with van der Waals surface area (Å²) in [5, 5.41) is 3.21. The predicted octanol–water partition coefficient (Wildman–Crippen LogP) is 6.22. The second kappa shape index (κ2) is 11.5. The SMILES string of the molecule is CC(=O)O[C@@H](C)c1ccccc1C(=O)N[C@H]1CC[C@H](C/C=C(C)/C=C/[C@@H]2C[C@]3(CO3)CC(C)(C)O2)CC1. The van der Waals surface area contributed by atoms with E-state index in [0.717, 1.165) is 57.1 Å². The number of nitrogens with one attached hydrogen (secondary N) is 1. The summed E-state index contributed by atoms with van der Waals surface area (Å²) in [6, 6.07) is 7.53. The molecule has 37 heavy (non-hydrogen) atoms. The fraction of sp³-hybridized carbons (Fsp3) is 0.613. The maximum atomic E-state index is 13.0. The van der Waals surface area contributed by atoms with Crippen LogP contribution in [0.4, 0.5) is 0 Å². The van der Waals surface area contributed by atoms with E-state index in [1.54, 1.807) is 13.0 Å². The van der Waals surface area contributed by atoms with Gasteiger partial charge in [-0.1, -0.05) is 42.0 Å². The number of hydrogen-bond donors (Lipinski definition) is 1. The lowest BCUT2D eigenvalue weighted by molar-refractivity contribution is -0.145. The van der Waals surface area contributed by atoms with Crippen LogP contribution in [0.1, 0.15) is 102 Å². The standard InChI is InChI=1S/C31H43NO5/c1-21(11-17-26-18-31(20-35-31)19-30(4,5)37-26)10-12-24-13-15-25(16-14-24)32-29(34)28-9-7-6-8-27(28)22(2)36-23(3)33/h6-11,17,22,24-26H,12-16,18-20H2,1-5H3,(H,32,34)/b17-11+,21-10+/t22-,24-,25-,26+,31+/m0/s1. The maximum Gasteiger partial charge on any atom is 0.303 e. The Morgan fingerprint density at radius 2 is 1.86 bits per heavy atom. The molecule has 3 aliphatic rings. The Hall–Kier alpha value is -2.44. The van der Waals surface area contributed by atoms with Crippen molar-refractivity contribution in [2.24, 2.45) is 5.92 Å². The van der Waals surface area contributed by atoms with Crippen LogP contribution in [0, 0.1) is 5.92 Å². The highest BCUT2D eigenvalue weighted by Gasteiger charge is 2.53. The number of ether oxygens (including phenoxy) is 3. The van der Waals surface area contributed by atoms with E-state index in [1.807, 2.05) is 18.2 Å². The molecule has 3 atom stereocenters. The van der Waals surface area contributed by atoms with Crippen molar-refractivity contribution in [3.05, 3.63) is 59.2 Å². The number of allylic oxidation sites excluding steroid dienone is 3. The van der Waals surface area contributed by atoms with Gasteiger partial charge in [0, 0.05) is 36.9 Å². The van der Waals surface area contributed by atoms with Crippen molar-refractivity contribution in [3.63, 3.8) is 0 Å². The number of amides is 1. The van der Waals surface area contributed by atoms with Gasteiger partial charge in [0.05, 0.1) is 23.9 Å². The van der Waals surface area contributed by atoms with Crippen molar-refractivity contribution in [3.8, 4) is 0 Å². The molecule has 0 aromatic heterocycles. The van der Waals surface area contributed by atoms with Gasteiger partial charge >= 0.3 is 5.97 Å². The average molecular weight is 510 g/mol. The Kier molecular flexibility index (Phi) is 8.59. The molecule has 3 fully saturated rings. The van der Waals surface area contributed by atoms with Gasteiger partial charge in [-0.2, -0.15) is 0 Å². The average Bonchev–Trinajstić information content (AvgIpc) is 3.58. The van der Waals surface area contributed by atoms with E-state index >= 15 is 0 Å². The number of hydrogen-bond acceptors (Lipinski definition) is 5. The van der Waals surface area contributed by atoms with Crippen LogP contribution in [0.3, 0.4) is 0 Å². The highest BCUT2D eigenvalue weighted by molar-refractivity contribution is 5.96. The summed E-state index contributed by atoms with van der Waals surface area (Å²) < 4.78 is 17.3. The minimum atomic E-state index is -0.460. The van der Waals surface area contributed by atoms with Gasteiger partial charge in [-0.3, -0.25) is 9.59 Å². The highest BCUT2D eigenvalue weighted by atomic mass is 16.6. The summed E-state index contributed by atoms with van der Waals surface area (Å²) >= 11 is 0. The summed E-state index contributed by atoms with van der Waals surface area (Å²) in [4.78, 5) is 24.4. The molecule has 2 aliphatic heterocycles. The lowest BCUT2D eigenvalue weighted by Gasteiger charge is -2.38. The van der Waals surface area contributed by atoms with Gasteiger partial charge in [0.15, 0.2) is 0 Å². The molecule has 0 unspecified atom stereocenters. The smallest absolute Gasteiger partial charge is 0.303 e. The molecular formula is C31H43NO5. The fourth-order valence-electron chi connectivity index (χ4n) is 5.99. The first-order chi connectivity index (χ1) is 17.5. The van der Waals surface area contributed by atoms with Crippen LogP contribution in [0.15, 0.2) is 48.1 Å². The molecule has 4 rings (SSSR count). The Morgan fingerprint density at radius 1 is 1.16 bits per heavy atom. The van der Waals surface area contributed by atoms with E-state index in [-0.39, 0.29) is 35.2 Å². The number of benzene rings is 1. The molecule has 6 nitrogen and oxygen atoms in total. The second-order valence-corrected chi connectivity index (χ2v) is 11.8. The zero-order valence-corrected chi connectivity index (χ0v) is 23.0. The number of epoxide rings is 1. The molecule has 1 aromatic rings. The van der Waals surface area contributed by atoms with Crippen molar-refractivity contribution in [2.75, 3.05) is 6.61 Å². The van der Waals surface area contributed by atoms with Gasteiger partial charge in [-0.25, -0.2) is 0 Å². The zero-order chi connectivity index (χ0) is 26.6. The first-order valence-electron chi connectivity index (χ1n) is 13.8. The van der Waals surface area contributed by atoms with E-state index in [4.69, 9.17) is 14.2 Å². The monoisotopic (exact) mass is 509 g/mol. The normalized spacial score (nSPS) is 30.2. The van der Waals surface area contributed by atoms with Crippen LogP contribution in [0.2, 0.25) is 0 Å². The molecule has 1 aromatic carbocycles. The molecule has 2 heterocycles. The lowest BCUT2D eigenvalue weighted by atomic mass is 9.83. The van der Waals surface area contributed by atoms with E-state index in [2.05, 4.69) is 44.3 Å². The summed E-state index contributed by atoms with van der Waals surface area (Å²) in [7, 11) is 0. The Morgan fingerprint density at radius 3 is 2.54 bits per heavy atom. The summed E-state index contributed by atoms with van der Waals surface area (Å²) in [5.74, 6) is 0.194. The van der Waals surface area contributed by atoms with E-state index in [1.165, 1.54) is 12.5 Å². The molecule has 0 radical (unpaired) electrons. The van der Waals surface area contributed by atoms with Gasteiger partial charge in [0.25, 0.3) is 5.91 Å². The minimum absolute atomic E-state index is 0.0467. The third-order valence-corrected chi connectivity index (χ3v) is 7.86. The molecule has 0 bridgehead atoms. The van der Waals surface area contributed by atoms with Crippen LogP contribution in [0.25, 0.3) is 0 Å². The number of carbonyl (C=O) groups excluding carboxylic acids is 2. The predicted molar refractivity (Wildman–Crippen MR) is 144 cm³/mol. The van der Waals surface area contributed by atoms with Crippen molar-refractivity contribution in [1.29, 1.82) is 0 Å². The van der Waals surface area contributed by atoms with Gasteiger partial charge in [0.2, 0.25) is 0 Å². The lowest BCUT2D eigenvalue weighted by Crippen LogP contribution is -2.43. The van der Waals surface area contributed by atoms with Crippen LogP contribution in [0.5, 0.6) is 0 Å². The first kappa shape index (κ1) is 27.6. The third kappa shape index (κ3) is 7.78. The summed E-state index contributed by atoms with van der Waals surface area (Å²) in [5.41, 5.74) is 2.49. The zero-order valence-electron chi connectivity index (χ0n) is 23.0. The molecule has 2 saturated heterocycles. The Labute approximate surface area is 221 Å². The van der Waals surface area contributed by atoms with Crippen LogP contribution >= 0.6 is 0 Å².